The second-order valence-electron chi connectivity index (χ2n) is 6.90. The van der Waals surface area contributed by atoms with Crippen LogP contribution >= 0.6 is 0 Å². The van der Waals surface area contributed by atoms with Crippen LogP contribution in [0.25, 0.3) is 6.08 Å². The fourth-order valence-electron chi connectivity index (χ4n) is 3.53. The van der Waals surface area contributed by atoms with Gasteiger partial charge in [-0.15, -0.1) is 0 Å². The first-order chi connectivity index (χ1) is 13.6. The molecule has 2 aliphatic rings. The van der Waals surface area contributed by atoms with Gasteiger partial charge in [0.05, 0.1) is 7.11 Å². The van der Waals surface area contributed by atoms with Crippen LogP contribution in [0.15, 0.2) is 54.1 Å². The van der Waals surface area contributed by atoms with Crippen molar-refractivity contribution in [3.05, 3.63) is 59.7 Å². The number of nitrogens with one attached hydrogen (secondary N) is 1. The van der Waals surface area contributed by atoms with E-state index in [1.807, 2.05) is 37.3 Å². The maximum Gasteiger partial charge on any atom is 0.251 e. The Morgan fingerprint density at radius 2 is 1.96 bits per heavy atom. The van der Waals surface area contributed by atoms with Gasteiger partial charge in [-0.2, -0.15) is 0 Å². The number of carbonyl (C=O) groups excluding carboxylic acids is 2. The third kappa shape index (κ3) is 3.33. The molecule has 2 aliphatic heterocycles. The lowest BCUT2D eigenvalue weighted by Gasteiger charge is -2.40. The van der Waals surface area contributed by atoms with Gasteiger partial charge in [-0.3, -0.25) is 9.59 Å². The third-order valence-corrected chi connectivity index (χ3v) is 5.13. The lowest BCUT2D eigenvalue weighted by molar-refractivity contribution is -0.146. The van der Waals surface area contributed by atoms with Crippen molar-refractivity contribution in [1.82, 2.24) is 4.90 Å². The number of amides is 2. The number of carbonyl (C=O) groups is 2. The van der Waals surface area contributed by atoms with Crippen LogP contribution in [-0.4, -0.2) is 42.5 Å². The van der Waals surface area contributed by atoms with E-state index in [0.29, 0.717) is 24.4 Å². The number of nitrogens with zero attached hydrogens (tertiary/aromatic N) is 1. The van der Waals surface area contributed by atoms with Crippen LogP contribution < -0.4 is 14.8 Å². The summed E-state index contributed by atoms with van der Waals surface area (Å²) in [7, 11) is 1.59. The highest BCUT2D eigenvalue weighted by Gasteiger charge is 2.41. The number of benzene rings is 2. The van der Waals surface area contributed by atoms with Crippen molar-refractivity contribution in [2.24, 2.45) is 0 Å². The molecule has 0 aromatic heterocycles. The zero-order chi connectivity index (χ0) is 19.7. The van der Waals surface area contributed by atoms with Crippen LogP contribution in [0.5, 0.6) is 11.5 Å². The molecule has 6 nitrogen and oxygen atoms in total. The first kappa shape index (κ1) is 18.1. The van der Waals surface area contributed by atoms with Gasteiger partial charge in [0, 0.05) is 29.8 Å². The van der Waals surface area contributed by atoms with Crippen molar-refractivity contribution in [1.29, 1.82) is 0 Å². The van der Waals surface area contributed by atoms with Crippen LogP contribution in [0.4, 0.5) is 5.69 Å². The number of rotatable bonds is 5. The Kier molecular flexibility index (Phi) is 4.77. The molecule has 0 radical (unpaired) electrons. The summed E-state index contributed by atoms with van der Waals surface area (Å²) in [4.78, 5) is 26.9. The molecule has 1 fully saturated rings. The topological polar surface area (TPSA) is 67.9 Å². The van der Waals surface area contributed by atoms with Gasteiger partial charge < -0.3 is 19.7 Å². The molecule has 1 saturated heterocycles. The van der Waals surface area contributed by atoms with Crippen LogP contribution in [0.2, 0.25) is 0 Å². The minimum Gasteiger partial charge on any atom is -0.497 e. The number of likely N-dealkylation sites (tertiary alicyclic amines) is 1. The number of fused-ring (bicyclic) bond motifs is 1. The molecule has 1 N–H and O–H groups in total. The molecule has 0 unspecified atom stereocenters. The van der Waals surface area contributed by atoms with E-state index in [4.69, 9.17) is 9.47 Å². The monoisotopic (exact) mass is 378 g/mol. The van der Waals surface area contributed by atoms with Gasteiger partial charge in [0.15, 0.2) is 0 Å². The van der Waals surface area contributed by atoms with E-state index in [0.717, 1.165) is 16.9 Å². The van der Waals surface area contributed by atoms with Gasteiger partial charge >= 0.3 is 0 Å². The summed E-state index contributed by atoms with van der Waals surface area (Å²) in [5, 5.41) is 2.92. The molecule has 2 heterocycles. The Hall–Kier alpha value is -3.28. The number of anilines is 1. The van der Waals surface area contributed by atoms with Gasteiger partial charge in [-0.1, -0.05) is 18.2 Å². The van der Waals surface area contributed by atoms with Crippen LogP contribution in [0.3, 0.4) is 0 Å². The summed E-state index contributed by atoms with van der Waals surface area (Å²) in [5.74, 6) is 1.21. The summed E-state index contributed by atoms with van der Waals surface area (Å²) < 4.78 is 11.2. The number of methoxy groups -OCH3 is 1. The summed E-state index contributed by atoms with van der Waals surface area (Å²) in [6.45, 7) is 2.46. The van der Waals surface area contributed by atoms with Crippen molar-refractivity contribution >= 4 is 23.6 Å². The van der Waals surface area contributed by atoms with E-state index in [2.05, 4.69) is 5.32 Å². The van der Waals surface area contributed by atoms with Gasteiger partial charge in [0.25, 0.3) is 5.91 Å². The number of para-hydroxylation sites is 1. The molecule has 28 heavy (non-hydrogen) atoms. The summed E-state index contributed by atoms with van der Waals surface area (Å²) in [6, 6.07) is 14.1. The molecule has 0 spiro atoms. The van der Waals surface area contributed by atoms with E-state index in [9.17, 15) is 9.59 Å². The molecule has 2 atom stereocenters. The average Bonchev–Trinajstić information content (AvgIpc) is 2.71. The molecule has 2 aromatic rings. The predicted molar refractivity (Wildman–Crippen MR) is 106 cm³/mol. The molecule has 0 aliphatic carbocycles. The van der Waals surface area contributed by atoms with E-state index < -0.39 is 6.04 Å². The van der Waals surface area contributed by atoms with E-state index in [1.165, 1.54) is 0 Å². The van der Waals surface area contributed by atoms with Crippen LogP contribution in [0, 0.1) is 0 Å². The largest absolute Gasteiger partial charge is 0.497 e. The number of β-lactam (4-membered cyclic amide) rings is 1. The van der Waals surface area contributed by atoms with Crippen molar-refractivity contribution in [3.8, 4) is 11.5 Å². The molecule has 144 valence electrons. The average molecular weight is 378 g/mol. The lowest BCUT2D eigenvalue weighted by Crippen LogP contribution is -2.57. The Balaban J connectivity index is 1.64. The SMILES string of the molecule is COc1ccc(NC(=O)[C@@H](C2=Cc3ccccc3O[C@H]2C)N2CCC2=O)cc1. The first-order valence-electron chi connectivity index (χ1n) is 9.28. The number of ether oxygens (including phenoxy) is 2. The normalized spacial score (nSPS) is 18.9. The molecule has 0 saturated carbocycles. The van der Waals surface area contributed by atoms with E-state index in [-0.39, 0.29) is 17.9 Å². The molecule has 0 bridgehead atoms. The zero-order valence-corrected chi connectivity index (χ0v) is 15.8. The van der Waals surface area contributed by atoms with Crippen LogP contribution in [-0.2, 0) is 9.59 Å². The zero-order valence-electron chi connectivity index (χ0n) is 15.8. The second kappa shape index (κ2) is 7.38. The smallest absolute Gasteiger partial charge is 0.251 e. The van der Waals surface area contributed by atoms with Crippen molar-refractivity contribution < 1.29 is 19.1 Å². The van der Waals surface area contributed by atoms with Crippen molar-refractivity contribution in [2.45, 2.75) is 25.5 Å². The van der Waals surface area contributed by atoms with Gasteiger partial charge in [-0.05, 0) is 43.3 Å². The predicted octanol–water partition coefficient (Wildman–Crippen LogP) is 3.10. The van der Waals surface area contributed by atoms with Crippen molar-refractivity contribution in [2.75, 3.05) is 19.0 Å². The third-order valence-electron chi connectivity index (χ3n) is 5.13. The van der Waals surface area contributed by atoms with E-state index in [1.54, 1.807) is 36.3 Å². The maximum atomic E-state index is 13.2. The number of hydrogen-bond acceptors (Lipinski definition) is 4. The Morgan fingerprint density at radius 1 is 1.21 bits per heavy atom. The lowest BCUT2D eigenvalue weighted by atomic mass is 9.92. The highest BCUT2D eigenvalue weighted by molar-refractivity contribution is 6.01. The Bertz CT molecular complexity index is 936. The Labute approximate surface area is 163 Å². The van der Waals surface area contributed by atoms with Gasteiger partial charge in [0.2, 0.25) is 5.91 Å². The second-order valence-corrected chi connectivity index (χ2v) is 6.90. The fraction of sp³-hybridized carbons (Fsp3) is 0.273. The first-order valence-corrected chi connectivity index (χ1v) is 9.28. The summed E-state index contributed by atoms with van der Waals surface area (Å²) >= 11 is 0. The Morgan fingerprint density at radius 3 is 2.61 bits per heavy atom. The molecule has 2 amide bonds. The minimum atomic E-state index is -0.702. The molecular formula is C22H22N2O4. The molecule has 6 heteroatoms. The molecule has 2 aromatic carbocycles. The fourth-order valence-corrected chi connectivity index (χ4v) is 3.53. The van der Waals surface area contributed by atoms with Gasteiger partial charge in [0.1, 0.15) is 23.6 Å². The summed E-state index contributed by atoms with van der Waals surface area (Å²) in [5.41, 5.74) is 2.33. The minimum absolute atomic E-state index is 0.0261. The molecular weight excluding hydrogens is 356 g/mol. The molecule has 4 rings (SSSR count). The quantitative estimate of drug-likeness (QED) is 0.812. The van der Waals surface area contributed by atoms with E-state index >= 15 is 0 Å². The van der Waals surface area contributed by atoms with Crippen LogP contribution in [0.1, 0.15) is 18.9 Å². The summed E-state index contributed by atoms with van der Waals surface area (Å²) in [6.07, 6.45) is 2.12. The number of hydrogen-bond donors (Lipinski definition) is 1. The van der Waals surface area contributed by atoms with Gasteiger partial charge in [-0.25, -0.2) is 0 Å². The standard InChI is InChI=1S/C22H22N2O4/c1-14-18(13-15-5-3-4-6-19(15)28-14)21(24-12-11-20(24)25)22(26)23-16-7-9-17(27-2)10-8-16/h3-10,13-14,21H,11-12H2,1-2H3,(H,23,26)/t14-,21+/m0/s1. The van der Waals surface area contributed by atoms with Crippen molar-refractivity contribution in [3.63, 3.8) is 0 Å². The maximum absolute atomic E-state index is 13.2. The highest BCUT2D eigenvalue weighted by Crippen LogP contribution is 2.34. The highest BCUT2D eigenvalue weighted by atomic mass is 16.5.